The minimum absolute atomic E-state index is 0.177. The first kappa shape index (κ1) is 14.4. The lowest BCUT2D eigenvalue weighted by Crippen LogP contribution is -2.27. The molecule has 0 N–H and O–H groups in total. The average Bonchev–Trinajstić information content (AvgIpc) is 2.80. The van der Waals surface area contributed by atoms with Crippen molar-refractivity contribution in [2.75, 3.05) is 11.4 Å². The summed E-state index contributed by atoms with van der Waals surface area (Å²) in [6.45, 7) is -0.177. The van der Waals surface area contributed by atoms with Crippen molar-refractivity contribution < 1.29 is 17.1 Å². The Kier molecular flexibility index (Phi) is 3.45. The quantitative estimate of drug-likeness (QED) is 0.759. The monoisotopic (exact) mass is 372 g/mol. The highest BCUT2D eigenvalue weighted by Gasteiger charge is 2.39. The second-order valence-electron chi connectivity index (χ2n) is 4.80. The van der Waals surface area contributed by atoms with Crippen LogP contribution >= 0.6 is 15.9 Å². The van der Waals surface area contributed by atoms with Crippen molar-refractivity contribution in [1.29, 1.82) is 0 Å². The lowest BCUT2D eigenvalue weighted by Gasteiger charge is -2.18. The fourth-order valence-corrected chi connectivity index (χ4v) is 3.47. The van der Waals surface area contributed by atoms with Crippen molar-refractivity contribution in [3.63, 3.8) is 0 Å². The first-order valence-corrected chi connectivity index (χ1v) is 8.38. The average molecular weight is 373 g/mol. The van der Waals surface area contributed by atoms with Gasteiger partial charge in [0, 0.05) is 29.0 Å². The summed E-state index contributed by atoms with van der Waals surface area (Å²) in [6, 6.07) is 7.02. The Morgan fingerprint density at radius 2 is 2.10 bits per heavy atom. The fraction of sp³-hybridized carbons (Fsp3) is 0.231. The number of nitrogens with zero attached hydrogens (tertiary/aromatic N) is 2. The van der Waals surface area contributed by atoms with Crippen LogP contribution < -0.4 is 4.90 Å². The standard InChI is InChI=1S/C13H10BrFN2O3S/c14-8-1-2-11-10(5-8)12(3-4-16-11)17-7-9(6-13(17)18)21(15,19)20/h1-5,9H,6-7H2. The van der Waals surface area contributed by atoms with E-state index in [4.69, 9.17) is 0 Å². The summed E-state index contributed by atoms with van der Waals surface area (Å²) in [5, 5.41) is -0.600. The van der Waals surface area contributed by atoms with E-state index in [-0.39, 0.29) is 13.0 Å². The zero-order valence-corrected chi connectivity index (χ0v) is 13.1. The van der Waals surface area contributed by atoms with Gasteiger partial charge in [-0.2, -0.15) is 8.42 Å². The van der Waals surface area contributed by atoms with Crippen molar-refractivity contribution in [3.05, 3.63) is 34.9 Å². The molecule has 0 radical (unpaired) electrons. The maximum atomic E-state index is 13.1. The molecule has 8 heteroatoms. The van der Waals surface area contributed by atoms with E-state index in [9.17, 15) is 17.1 Å². The number of pyridine rings is 1. The van der Waals surface area contributed by atoms with Crippen LogP contribution in [0.2, 0.25) is 0 Å². The normalized spacial score (nSPS) is 19.4. The summed E-state index contributed by atoms with van der Waals surface area (Å²) in [6.07, 6.45) is 1.20. The summed E-state index contributed by atoms with van der Waals surface area (Å²) in [7, 11) is -4.73. The topological polar surface area (TPSA) is 67.3 Å². The van der Waals surface area contributed by atoms with Gasteiger partial charge in [0.2, 0.25) is 5.91 Å². The highest BCUT2D eigenvalue weighted by Crippen LogP contribution is 2.32. The molecule has 0 saturated carbocycles. The number of hydrogen-bond donors (Lipinski definition) is 0. The van der Waals surface area contributed by atoms with Gasteiger partial charge in [0.05, 0.1) is 11.2 Å². The van der Waals surface area contributed by atoms with E-state index in [1.165, 1.54) is 11.1 Å². The summed E-state index contributed by atoms with van der Waals surface area (Å²) in [5.41, 5.74) is 1.22. The third kappa shape index (κ3) is 2.65. The van der Waals surface area contributed by atoms with Gasteiger partial charge in [-0.15, -0.1) is 3.89 Å². The van der Waals surface area contributed by atoms with Gasteiger partial charge in [-0.25, -0.2) is 0 Å². The molecule has 3 rings (SSSR count). The van der Waals surface area contributed by atoms with Crippen LogP contribution in [-0.4, -0.2) is 31.1 Å². The summed E-state index contributed by atoms with van der Waals surface area (Å²) in [5.74, 6) is -0.409. The molecular formula is C13H10BrFN2O3S. The van der Waals surface area contributed by atoms with E-state index in [1.807, 2.05) is 6.07 Å². The Morgan fingerprint density at radius 3 is 2.76 bits per heavy atom. The predicted molar refractivity (Wildman–Crippen MR) is 80.2 cm³/mol. The molecular weight excluding hydrogens is 363 g/mol. The van der Waals surface area contributed by atoms with Gasteiger partial charge in [0.15, 0.2) is 0 Å². The van der Waals surface area contributed by atoms with E-state index in [0.29, 0.717) is 16.6 Å². The molecule has 0 aliphatic carbocycles. The molecule has 1 aliphatic heterocycles. The number of benzene rings is 1. The smallest absolute Gasteiger partial charge is 0.307 e. The van der Waals surface area contributed by atoms with E-state index in [1.54, 1.807) is 18.2 Å². The SMILES string of the molecule is O=C1CC(S(=O)(=O)F)CN1c1ccnc2ccc(Br)cc12. The zero-order valence-electron chi connectivity index (χ0n) is 10.7. The largest absolute Gasteiger partial charge is 0.310 e. The molecule has 21 heavy (non-hydrogen) atoms. The van der Waals surface area contributed by atoms with Gasteiger partial charge in [0.25, 0.3) is 0 Å². The number of hydrogen-bond acceptors (Lipinski definition) is 4. The summed E-state index contributed by atoms with van der Waals surface area (Å²) >= 11 is 3.35. The molecule has 2 heterocycles. The molecule has 1 aliphatic rings. The Balaban J connectivity index is 2.09. The molecule has 1 unspecified atom stereocenters. The minimum Gasteiger partial charge on any atom is -0.310 e. The van der Waals surface area contributed by atoms with Crippen LogP contribution in [0.15, 0.2) is 34.9 Å². The molecule has 1 saturated heterocycles. The highest BCUT2D eigenvalue weighted by molar-refractivity contribution is 9.10. The van der Waals surface area contributed by atoms with E-state index in [0.717, 1.165) is 4.47 Å². The van der Waals surface area contributed by atoms with E-state index >= 15 is 0 Å². The Morgan fingerprint density at radius 1 is 1.33 bits per heavy atom. The van der Waals surface area contributed by atoms with Crippen molar-refractivity contribution in [2.45, 2.75) is 11.7 Å². The number of halogens is 2. The third-order valence-corrected chi connectivity index (χ3v) is 5.06. The third-order valence-electron chi connectivity index (χ3n) is 3.46. The Hall–Kier alpha value is -1.54. The maximum absolute atomic E-state index is 13.1. The second kappa shape index (κ2) is 5.03. The Labute approximate surface area is 129 Å². The molecule has 1 aromatic carbocycles. The van der Waals surface area contributed by atoms with Gasteiger partial charge >= 0.3 is 10.2 Å². The van der Waals surface area contributed by atoms with E-state index in [2.05, 4.69) is 20.9 Å². The lowest BCUT2D eigenvalue weighted by molar-refractivity contribution is -0.117. The number of carbonyl (C=O) groups is 1. The number of aromatic nitrogens is 1. The maximum Gasteiger partial charge on any atom is 0.307 e. The van der Waals surface area contributed by atoms with Crippen molar-refractivity contribution in [2.24, 2.45) is 0 Å². The van der Waals surface area contributed by atoms with Crippen LogP contribution in [0.1, 0.15) is 6.42 Å². The minimum atomic E-state index is -4.73. The molecule has 5 nitrogen and oxygen atoms in total. The molecule has 0 spiro atoms. The molecule has 1 aromatic heterocycles. The summed E-state index contributed by atoms with van der Waals surface area (Å²) < 4.78 is 35.9. The van der Waals surface area contributed by atoms with Gasteiger partial charge in [0.1, 0.15) is 5.25 Å². The van der Waals surface area contributed by atoms with Gasteiger partial charge in [-0.1, -0.05) is 15.9 Å². The van der Waals surface area contributed by atoms with Crippen molar-refractivity contribution in [1.82, 2.24) is 4.98 Å². The van der Waals surface area contributed by atoms with Crippen LogP contribution in [0.4, 0.5) is 9.57 Å². The van der Waals surface area contributed by atoms with Gasteiger partial charge in [-0.3, -0.25) is 9.78 Å². The first-order valence-electron chi connectivity index (χ1n) is 6.14. The highest BCUT2D eigenvalue weighted by atomic mass is 79.9. The fourth-order valence-electron chi connectivity index (χ4n) is 2.44. The zero-order chi connectivity index (χ0) is 15.2. The number of fused-ring (bicyclic) bond motifs is 1. The molecule has 1 fully saturated rings. The number of carbonyl (C=O) groups excluding carboxylic acids is 1. The molecule has 1 amide bonds. The molecule has 2 aromatic rings. The summed E-state index contributed by atoms with van der Waals surface area (Å²) in [4.78, 5) is 17.5. The van der Waals surface area contributed by atoms with Crippen molar-refractivity contribution in [3.8, 4) is 0 Å². The van der Waals surface area contributed by atoms with Crippen LogP contribution in [-0.2, 0) is 15.0 Å². The number of amides is 1. The van der Waals surface area contributed by atoms with Crippen molar-refractivity contribution >= 4 is 48.7 Å². The van der Waals surface area contributed by atoms with Crippen LogP contribution in [0.25, 0.3) is 10.9 Å². The van der Waals surface area contributed by atoms with Crippen LogP contribution in [0.5, 0.6) is 0 Å². The second-order valence-corrected chi connectivity index (χ2v) is 7.33. The van der Waals surface area contributed by atoms with Crippen LogP contribution in [0, 0.1) is 0 Å². The number of anilines is 1. The van der Waals surface area contributed by atoms with E-state index < -0.39 is 21.4 Å². The molecule has 110 valence electrons. The van der Waals surface area contributed by atoms with Crippen LogP contribution in [0.3, 0.4) is 0 Å². The lowest BCUT2D eigenvalue weighted by atomic mass is 10.2. The first-order chi connectivity index (χ1) is 9.86. The molecule has 1 atom stereocenters. The Bertz CT molecular complexity index is 840. The van der Waals surface area contributed by atoms with Gasteiger partial charge in [-0.05, 0) is 24.3 Å². The molecule has 0 bridgehead atoms. The van der Waals surface area contributed by atoms with Gasteiger partial charge < -0.3 is 4.90 Å². The number of rotatable bonds is 2. The predicted octanol–water partition coefficient (Wildman–Crippen LogP) is 2.40.